The van der Waals surface area contributed by atoms with Crippen LogP contribution in [0.5, 0.6) is 0 Å². The Hall–Kier alpha value is -3.09. The summed E-state index contributed by atoms with van der Waals surface area (Å²) in [5, 5.41) is 2.87. The Morgan fingerprint density at radius 2 is 1.62 bits per heavy atom. The minimum atomic E-state index is -1.16. The number of piperazine rings is 1. The van der Waals surface area contributed by atoms with Crippen LogP contribution in [0.4, 0.5) is 0 Å². The Kier molecular flexibility index (Phi) is 6.36. The standard InChI is InChI=1S/C22H27N3O4/c1-22(2,20(27)23-11-10-17-7-4-3-5-8-17)21(28)25-14-12-24(13-15-25)19(26)18-9-6-16-29-18/h3-9,16H,10-15H2,1-2H3,(H,23,27). The van der Waals surface area contributed by atoms with Gasteiger partial charge in [0.15, 0.2) is 5.76 Å². The molecule has 3 rings (SSSR count). The average molecular weight is 397 g/mol. The number of benzene rings is 1. The fourth-order valence-corrected chi connectivity index (χ4v) is 3.35. The monoisotopic (exact) mass is 397 g/mol. The summed E-state index contributed by atoms with van der Waals surface area (Å²) < 4.78 is 5.15. The van der Waals surface area contributed by atoms with Gasteiger partial charge in [-0.25, -0.2) is 0 Å². The average Bonchev–Trinajstić information content (AvgIpc) is 3.28. The van der Waals surface area contributed by atoms with Crippen molar-refractivity contribution in [2.45, 2.75) is 20.3 Å². The van der Waals surface area contributed by atoms with Gasteiger partial charge in [-0.3, -0.25) is 14.4 Å². The molecule has 3 amide bonds. The fourth-order valence-electron chi connectivity index (χ4n) is 3.35. The van der Waals surface area contributed by atoms with Crippen LogP contribution in [0.15, 0.2) is 53.1 Å². The molecule has 2 aromatic rings. The molecular formula is C22H27N3O4. The zero-order chi connectivity index (χ0) is 20.9. The molecule has 1 aromatic heterocycles. The maximum Gasteiger partial charge on any atom is 0.289 e. The summed E-state index contributed by atoms with van der Waals surface area (Å²) in [5.41, 5.74) is -0.0292. The highest BCUT2D eigenvalue weighted by molar-refractivity contribution is 6.04. The van der Waals surface area contributed by atoms with E-state index in [9.17, 15) is 14.4 Å². The minimum Gasteiger partial charge on any atom is -0.459 e. The lowest BCUT2D eigenvalue weighted by atomic mass is 9.90. The first-order valence-corrected chi connectivity index (χ1v) is 9.84. The first-order valence-electron chi connectivity index (χ1n) is 9.84. The molecule has 0 spiro atoms. The van der Waals surface area contributed by atoms with Crippen LogP contribution in [0, 0.1) is 5.41 Å². The minimum absolute atomic E-state index is 0.181. The van der Waals surface area contributed by atoms with E-state index < -0.39 is 5.41 Å². The van der Waals surface area contributed by atoms with E-state index in [-0.39, 0.29) is 17.7 Å². The highest BCUT2D eigenvalue weighted by Crippen LogP contribution is 2.21. The first kappa shape index (κ1) is 20.6. The Balaban J connectivity index is 1.49. The molecule has 0 radical (unpaired) electrons. The van der Waals surface area contributed by atoms with Crippen molar-refractivity contribution < 1.29 is 18.8 Å². The quantitative estimate of drug-likeness (QED) is 0.756. The van der Waals surface area contributed by atoms with Gasteiger partial charge in [0.05, 0.1) is 6.26 Å². The van der Waals surface area contributed by atoms with Crippen molar-refractivity contribution in [2.24, 2.45) is 5.41 Å². The third-order valence-electron chi connectivity index (χ3n) is 5.23. The van der Waals surface area contributed by atoms with E-state index in [4.69, 9.17) is 4.42 Å². The largest absolute Gasteiger partial charge is 0.459 e. The van der Waals surface area contributed by atoms with Crippen molar-refractivity contribution in [1.29, 1.82) is 0 Å². The summed E-state index contributed by atoms with van der Waals surface area (Å²) in [6.07, 6.45) is 2.18. The van der Waals surface area contributed by atoms with E-state index >= 15 is 0 Å². The Morgan fingerprint density at radius 1 is 0.966 bits per heavy atom. The molecule has 0 atom stereocenters. The summed E-state index contributed by atoms with van der Waals surface area (Å²) in [6.45, 7) is 5.39. The van der Waals surface area contributed by atoms with Crippen LogP contribution in [0.2, 0.25) is 0 Å². The van der Waals surface area contributed by atoms with Gasteiger partial charge in [-0.15, -0.1) is 0 Å². The normalized spacial score (nSPS) is 14.6. The van der Waals surface area contributed by atoms with Crippen molar-refractivity contribution in [3.05, 3.63) is 60.1 Å². The van der Waals surface area contributed by atoms with Gasteiger partial charge in [0.2, 0.25) is 11.8 Å². The van der Waals surface area contributed by atoms with E-state index in [0.29, 0.717) is 44.9 Å². The molecule has 1 fully saturated rings. The molecule has 7 nitrogen and oxygen atoms in total. The molecule has 1 N–H and O–H groups in total. The van der Waals surface area contributed by atoms with Crippen LogP contribution in [-0.2, 0) is 16.0 Å². The molecule has 154 valence electrons. The fraction of sp³-hybridized carbons (Fsp3) is 0.409. The van der Waals surface area contributed by atoms with Gasteiger partial charge in [0.1, 0.15) is 5.41 Å². The lowest BCUT2D eigenvalue weighted by molar-refractivity contribution is -0.149. The number of hydrogen-bond acceptors (Lipinski definition) is 4. The number of carbonyl (C=O) groups excluding carboxylic acids is 3. The van der Waals surface area contributed by atoms with Crippen LogP contribution in [0.1, 0.15) is 30.0 Å². The third-order valence-corrected chi connectivity index (χ3v) is 5.23. The van der Waals surface area contributed by atoms with Crippen LogP contribution in [0.3, 0.4) is 0 Å². The zero-order valence-corrected chi connectivity index (χ0v) is 16.9. The van der Waals surface area contributed by atoms with Crippen LogP contribution >= 0.6 is 0 Å². The molecule has 0 saturated carbocycles. The van der Waals surface area contributed by atoms with Crippen LogP contribution < -0.4 is 5.32 Å². The van der Waals surface area contributed by atoms with Gasteiger partial charge in [0, 0.05) is 32.7 Å². The molecule has 0 unspecified atom stereocenters. The Morgan fingerprint density at radius 3 is 2.24 bits per heavy atom. The van der Waals surface area contributed by atoms with Gasteiger partial charge in [-0.05, 0) is 38.0 Å². The third kappa shape index (κ3) is 4.85. The summed E-state index contributed by atoms with van der Waals surface area (Å²) in [5.74, 6) is -0.393. The zero-order valence-electron chi connectivity index (χ0n) is 16.9. The number of rotatable bonds is 6. The second-order valence-electron chi connectivity index (χ2n) is 7.68. The summed E-state index contributed by atoms with van der Waals surface area (Å²) in [4.78, 5) is 41.2. The molecule has 2 heterocycles. The number of amides is 3. The Bertz CT molecular complexity index is 838. The van der Waals surface area contributed by atoms with Crippen molar-refractivity contribution in [2.75, 3.05) is 32.7 Å². The summed E-state index contributed by atoms with van der Waals surface area (Å²) >= 11 is 0. The number of nitrogens with one attached hydrogen (secondary N) is 1. The van der Waals surface area contributed by atoms with E-state index in [1.807, 2.05) is 30.3 Å². The molecule has 0 bridgehead atoms. The molecule has 1 aliphatic rings. The topological polar surface area (TPSA) is 82.9 Å². The molecule has 1 aromatic carbocycles. The van der Waals surface area contributed by atoms with E-state index in [2.05, 4.69) is 5.32 Å². The predicted octanol–water partition coefficient (Wildman–Crippen LogP) is 1.95. The van der Waals surface area contributed by atoms with E-state index in [0.717, 1.165) is 5.56 Å². The van der Waals surface area contributed by atoms with Gasteiger partial charge in [-0.1, -0.05) is 30.3 Å². The van der Waals surface area contributed by atoms with Gasteiger partial charge >= 0.3 is 0 Å². The smallest absolute Gasteiger partial charge is 0.289 e. The summed E-state index contributed by atoms with van der Waals surface area (Å²) in [7, 11) is 0. The van der Waals surface area contributed by atoms with Gasteiger partial charge in [-0.2, -0.15) is 0 Å². The van der Waals surface area contributed by atoms with Crippen molar-refractivity contribution in [3.8, 4) is 0 Å². The van der Waals surface area contributed by atoms with E-state index in [1.165, 1.54) is 6.26 Å². The van der Waals surface area contributed by atoms with Crippen LogP contribution in [-0.4, -0.2) is 60.2 Å². The van der Waals surface area contributed by atoms with Crippen molar-refractivity contribution >= 4 is 17.7 Å². The number of hydrogen-bond donors (Lipinski definition) is 1. The van der Waals surface area contributed by atoms with Crippen molar-refractivity contribution in [1.82, 2.24) is 15.1 Å². The maximum absolute atomic E-state index is 12.9. The second kappa shape index (κ2) is 8.94. The highest BCUT2D eigenvalue weighted by atomic mass is 16.3. The molecule has 7 heteroatoms. The number of furan rings is 1. The first-order chi connectivity index (χ1) is 13.9. The molecule has 1 aliphatic heterocycles. The molecule has 1 saturated heterocycles. The lowest BCUT2D eigenvalue weighted by Crippen LogP contribution is -2.56. The van der Waals surface area contributed by atoms with E-state index in [1.54, 1.807) is 35.8 Å². The van der Waals surface area contributed by atoms with Gasteiger partial charge < -0.3 is 19.5 Å². The Labute approximate surface area is 170 Å². The number of nitrogens with zero attached hydrogens (tertiary/aromatic N) is 2. The molecule has 0 aliphatic carbocycles. The molecule has 29 heavy (non-hydrogen) atoms. The second-order valence-corrected chi connectivity index (χ2v) is 7.68. The summed E-state index contributed by atoms with van der Waals surface area (Å²) in [6, 6.07) is 13.2. The van der Waals surface area contributed by atoms with Crippen LogP contribution in [0.25, 0.3) is 0 Å². The van der Waals surface area contributed by atoms with Crippen molar-refractivity contribution in [3.63, 3.8) is 0 Å². The highest BCUT2D eigenvalue weighted by Gasteiger charge is 2.40. The SMILES string of the molecule is CC(C)(C(=O)NCCc1ccccc1)C(=O)N1CCN(C(=O)c2ccco2)CC1. The maximum atomic E-state index is 12.9. The number of carbonyl (C=O) groups is 3. The molecular weight excluding hydrogens is 370 g/mol. The lowest BCUT2D eigenvalue weighted by Gasteiger charge is -2.37. The predicted molar refractivity (Wildman–Crippen MR) is 108 cm³/mol. The van der Waals surface area contributed by atoms with Gasteiger partial charge in [0.25, 0.3) is 5.91 Å².